The number of nitrogens with zero attached hydrogens (tertiary/aromatic N) is 1. The van der Waals surface area contributed by atoms with Crippen LogP contribution in [0, 0.1) is 6.92 Å². The number of aromatic hydroxyl groups is 1. The van der Waals surface area contributed by atoms with Crippen molar-refractivity contribution in [1.29, 1.82) is 0 Å². The predicted molar refractivity (Wildman–Crippen MR) is 116 cm³/mol. The molecular weight excluding hydrogens is 368 g/mol. The first-order valence-electron chi connectivity index (χ1n) is 9.81. The fraction of sp³-hybridized carbons (Fsp3) is 0.364. The van der Waals surface area contributed by atoms with E-state index in [-0.39, 0.29) is 17.8 Å². The molecule has 2 rings (SSSR count). The van der Waals surface area contributed by atoms with Crippen LogP contribution in [-0.2, 0) is 0 Å². The normalized spacial score (nSPS) is 12.2. The number of hydrogen-bond acceptors (Lipinski definition) is 4. The van der Waals surface area contributed by atoms with Gasteiger partial charge < -0.3 is 25.8 Å². The van der Waals surface area contributed by atoms with Crippen LogP contribution in [0.1, 0.15) is 29.8 Å². The highest BCUT2D eigenvalue weighted by Gasteiger charge is 2.07. The second-order valence-electron chi connectivity index (χ2n) is 6.64. The highest BCUT2D eigenvalue weighted by atomic mass is 16.5. The van der Waals surface area contributed by atoms with Crippen LogP contribution in [0.3, 0.4) is 0 Å². The number of nitrogens with one attached hydrogen (secondary N) is 3. The maximum Gasteiger partial charge on any atom is 0.251 e. The Hall–Kier alpha value is -3.22. The Morgan fingerprint density at radius 3 is 2.45 bits per heavy atom. The molecule has 0 heterocycles. The second kappa shape index (κ2) is 11.6. The summed E-state index contributed by atoms with van der Waals surface area (Å²) >= 11 is 0. The number of phenols is 1. The van der Waals surface area contributed by atoms with Gasteiger partial charge in [0, 0.05) is 25.2 Å². The molecule has 2 aromatic rings. The molecule has 0 aliphatic rings. The van der Waals surface area contributed by atoms with Crippen molar-refractivity contribution in [3.8, 4) is 11.5 Å². The van der Waals surface area contributed by atoms with Crippen LogP contribution in [0.2, 0.25) is 0 Å². The number of carbonyl (C=O) groups excluding carboxylic acids is 1. The molecule has 0 spiro atoms. The minimum atomic E-state index is -0.186. The maximum atomic E-state index is 12.1. The molecule has 0 saturated heterocycles. The standard InChI is InChI=1S/C22H30N4O3/c1-4-23-22(26-15-17(3)29-20-8-6-5-7-16(20)2)25-14-13-24-21(28)18-9-11-19(27)12-10-18/h5-12,17,27H,4,13-15H2,1-3H3,(H,24,28)(H2,23,25,26). The summed E-state index contributed by atoms with van der Waals surface area (Å²) in [5.74, 6) is 1.49. The van der Waals surface area contributed by atoms with Crippen molar-refractivity contribution in [2.75, 3.05) is 26.2 Å². The van der Waals surface area contributed by atoms with E-state index in [1.807, 2.05) is 45.0 Å². The molecule has 1 amide bonds. The summed E-state index contributed by atoms with van der Waals surface area (Å²) in [7, 11) is 0. The highest BCUT2D eigenvalue weighted by Crippen LogP contribution is 2.17. The Kier molecular flexibility index (Phi) is 8.82. The van der Waals surface area contributed by atoms with Gasteiger partial charge in [0.2, 0.25) is 0 Å². The second-order valence-corrected chi connectivity index (χ2v) is 6.64. The van der Waals surface area contributed by atoms with Crippen molar-refractivity contribution in [1.82, 2.24) is 16.0 Å². The van der Waals surface area contributed by atoms with E-state index in [0.29, 0.717) is 31.2 Å². The average molecular weight is 399 g/mol. The zero-order chi connectivity index (χ0) is 21.1. The number of benzene rings is 2. The van der Waals surface area contributed by atoms with Gasteiger partial charge in [0.25, 0.3) is 5.91 Å². The Labute approximate surface area is 172 Å². The number of hydrogen-bond donors (Lipinski definition) is 4. The third kappa shape index (κ3) is 7.73. The molecule has 0 aliphatic carbocycles. The molecule has 0 bridgehead atoms. The lowest BCUT2D eigenvalue weighted by Gasteiger charge is -2.16. The average Bonchev–Trinajstić information content (AvgIpc) is 2.71. The van der Waals surface area contributed by atoms with E-state index in [4.69, 9.17) is 4.74 Å². The van der Waals surface area contributed by atoms with Crippen LogP contribution < -0.4 is 20.7 Å². The smallest absolute Gasteiger partial charge is 0.251 e. The Morgan fingerprint density at radius 2 is 1.76 bits per heavy atom. The van der Waals surface area contributed by atoms with Gasteiger partial charge in [0.15, 0.2) is 5.96 Å². The van der Waals surface area contributed by atoms with E-state index in [0.717, 1.165) is 17.9 Å². The molecule has 1 unspecified atom stereocenters. The Morgan fingerprint density at radius 1 is 1.07 bits per heavy atom. The lowest BCUT2D eigenvalue weighted by Crippen LogP contribution is -2.42. The zero-order valence-corrected chi connectivity index (χ0v) is 17.2. The SMILES string of the molecule is CCNC(=NCC(C)Oc1ccccc1C)NCCNC(=O)c1ccc(O)cc1. The van der Waals surface area contributed by atoms with Gasteiger partial charge in [-0.2, -0.15) is 0 Å². The number of phenolic OH excluding ortho intramolecular Hbond substituents is 1. The molecule has 29 heavy (non-hydrogen) atoms. The zero-order valence-electron chi connectivity index (χ0n) is 17.2. The molecular formula is C22H30N4O3. The van der Waals surface area contributed by atoms with E-state index in [1.54, 1.807) is 12.1 Å². The van der Waals surface area contributed by atoms with Crippen LogP contribution in [0.4, 0.5) is 0 Å². The maximum absolute atomic E-state index is 12.1. The predicted octanol–water partition coefficient (Wildman–Crippen LogP) is 2.45. The first-order valence-corrected chi connectivity index (χ1v) is 9.81. The van der Waals surface area contributed by atoms with E-state index >= 15 is 0 Å². The van der Waals surface area contributed by atoms with Crippen molar-refractivity contribution in [2.45, 2.75) is 26.9 Å². The van der Waals surface area contributed by atoms with Gasteiger partial charge in [-0.1, -0.05) is 18.2 Å². The fourth-order valence-corrected chi connectivity index (χ4v) is 2.58. The van der Waals surface area contributed by atoms with Gasteiger partial charge in [0.05, 0.1) is 6.54 Å². The summed E-state index contributed by atoms with van der Waals surface area (Å²) in [6.07, 6.45) is -0.0687. The van der Waals surface area contributed by atoms with E-state index in [2.05, 4.69) is 20.9 Å². The largest absolute Gasteiger partial charge is 0.508 e. The number of aliphatic imine (C=N–C) groups is 1. The number of para-hydroxylation sites is 1. The van der Waals surface area contributed by atoms with Crippen molar-refractivity contribution in [2.24, 2.45) is 4.99 Å². The summed E-state index contributed by atoms with van der Waals surface area (Å²) in [4.78, 5) is 16.6. The lowest BCUT2D eigenvalue weighted by atomic mass is 10.2. The summed E-state index contributed by atoms with van der Waals surface area (Å²) in [5.41, 5.74) is 1.60. The first-order chi connectivity index (χ1) is 14.0. The van der Waals surface area contributed by atoms with Gasteiger partial charge >= 0.3 is 0 Å². The number of amides is 1. The van der Waals surface area contributed by atoms with Crippen LogP contribution in [-0.4, -0.2) is 49.3 Å². The molecule has 7 nitrogen and oxygen atoms in total. The van der Waals surface area contributed by atoms with Gasteiger partial charge in [-0.15, -0.1) is 0 Å². The number of ether oxygens (including phenoxy) is 1. The molecule has 0 radical (unpaired) electrons. The van der Waals surface area contributed by atoms with Gasteiger partial charge in [-0.05, 0) is 56.7 Å². The molecule has 2 aromatic carbocycles. The van der Waals surface area contributed by atoms with Gasteiger partial charge in [-0.3, -0.25) is 4.79 Å². The third-order valence-corrected chi connectivity index (χ3v) is 4.10. The number of rotatable bonds is 9. The highest BCUT2D eigenvalue weighted by molar-refractivity contribution is 5.94. The molecule has 0 fully saturated rings. The van der Waals surface area contributed by atoms with Crippen molar-refractivity contribution in [3.63, 3.8) is 0 Å². The molecule has 1 atom stereocenters. The summed E-state index contributed by atoms with van der Waals surface area (Å²) in [5, 5.41) is 18.5. The minimum absolute atomic E-state index is 0.0687. The van der Waals surface area contributed by atoms with Crippen LogP contribution in [0.25, 0.3) is 0 Å². The molecule has 0 aromatic heterocycles. The quantitative estimate of drug-likeness (QED) is 0.296. The first kappa shape index (κ1) is 22.1. The lowest BCUT2D eigenvalue weighted by molar-refractivity contribution is 0.0954. The molecule has 156 valence electrons. The van der Waals surface area contributed by atoms with Crippen molar-refractivity contribution < 1.29 is 14.6 Å². The summed E-state index contributed by atoms with van der Waals surface area (Å²) < 4.78 is 5.95. The molecule has 0 aliphatic heterocycles. The van der Waals surface area contributed by atoms with Crippen LogP contribution in [0.5, 0.6) is 11.5 Å². The monoisotopic (exact) mass is 398 g/mol. The van der Waals surface area contributed by atoms with E-state index < -0.39 is 0 Å². The van der Waals surface area contributed by atoms with Gasteiger partial charge in [0.1, 0.15) is 17.6 Å². The van der Waals surface area contributed by atoms with E-state index in [9.17, 15) is 9.90 Å². The molecule has 4 N–H and O–H groups in total. The summed E-state index contributed by atoms with van der Waals surface area (Å²) in [6, 6.07) is 14.1. The molecule has 0 saturated carbocycles. The van der Waals surface area contributed by atoms with Gasteiger partial charge in [-0.25, -0.2) is 4.99 Å². The number of aryl methyl sites for hydroxylation is 1. The number of guanidine groups is 1. The third-order valence-electron chi connectivity index (χ3n) is 4.10. The number of carbonyl (C=O) groups is 1. The summed E-state index contributed by atoms with van der Waals surface area (Å²) in [6.45, 7) is 8.21. The molecule has 7 heteroatoms. The van der Waals surface area contributed by atoms with Crippen LogP contribution >= 0.6 is 0 Å². The van der Waals surface area contributed by atoms with Crippen LogP contribution in [0.15, 0.2) is 53.5 Å². The Bertz CT molecular complexity index is 806. The van der Waals surface area contributed by atoms with E-state index in [1.165, 1.54) is 12.1 Å². The fourth-order valence-electron chi connectivity index (χ4n) is 2.58. The topological polar surface area (TPSA) is 95.0 Å². The van der Waals surface area contributed by atoms with Crippen molar-refractivity contribution >= 4 is 11.9 Å². The van der Waals surface area contributed by atoms with Crippen molar-refractivity contribution in [3.05, 3.63) is 59.7 Å². The minimum Gasteiger partial charge on any atom is -0.508 e. The Balaban J connectivity index is 1.77.